The van der Waals surface area contributed by atoms with Gasteiger partial charge in [-0.05, 0) is 21.0 Å². The molecule has 1 atom stereocenters. The fraction of sp³-hybridized carbons (Fsp3) is 0.667. The van der Waals surface area contributed by atoms with Crippen LogP contribution < -0.4 is 16.4 Å². The molecule has 6 nitrogen and oxygen atoms in total. The van der Waals surface area contributed by atoms with Gasteiger partial charge in [-0.15, -0.1) is 0 Å². The van der Waals surface area contributed by atoms with Gasteiger partial charge in [-0.3, -0.25) is 9.59 Å². The summed E-state index contributed by atoms with van der Waals surface area (Å²) in [5.74, 6) is -1.40. The molecule has 0 aromatic carbocycles. The van der Waals surface area contributed by atoms with Crippen LogP contribution in [-0.4, -0.2) is 54.9 Å². The number of likely N-dealkylation sites (N-methyl/N-ethyl adjacent to an activating group) is 1. The third kappa shape index (κ3) is 7.13. The number of carbonyl (C=O) groups is 2. The lowest BCUT2D eigenvalue weighted by Gasteiger charge is -2.17. The summed E-state index contributed by atoms with van der Waals surface area (Å²) < 4.78 is 0. The molecule has 16 heavy (non-hydrogen) atoms. The zero-order chi connectivity index (χ0) is 12.7. The summed E-state index contributed by atoms with van der Waals surface area (Å²) in [6.45, 7) is 2.51. The smallest absolute Gasteiger partial charge is 0.309 e. The van der Waals surface area contributed by atoms with Crippen LogP contribution in [0.1, 0.15) is 6.92 Å². The van der Waals surface area contributed by atoms with Crippen molar-refractivity contribution in [2.75, 3.05) is 27.2 Å². The average molecular weight is 246 g/mol. The minimum absolute atomic E-state index is 0.0314. The van der Waals surface area contributed by atoms with Gasteiger partial charge in [0.1, 0.15) is 0 Å². The first kappa shape index (κ1) is 14.8. The predicted octanol–water partition coefficient (Wildman–Crippen LogP) is -1.54. The van der Waals surface area contributed by atoms with Gasteiger partial charge < -0.3 is 21.3 Å². The summed E-state index contributed by atoms with van der Waals surface area (Å²) in [7, 11) is 3.77. The van der Waals surface area contributed by atoms with Crippen molar-refractivity contribution in [3.05, 3.63) is 0 Å². The SMILES string of the molecule is CC(CN(C)C)NC(=O)C(=O)NCC(N)=S. The molecule has 4 N–H and O–H groups in total. The maximum atomic E-state index is 11.3. The van der Waals surface area contributed by atoms with Crippen molar-refractivity contribution in [1.29, 1.82) is 0 Å². The van der Waals surface area contributed by atoms with Gasteiger partial charge in [0.15, 0.2) is 0 Å². The molecule has 0 aromatic rings. The van der Waals surface area contributed by atoms with E-state index in [1.165, 1.54) is 0 Å². The Morgan fingerprint density at radius 1 is 1.38 bits per heavy atom. The summed E-state index contributed by atoms with van der Waals surface area (Å²) in [5, 5.41) is 4.87. The number of nitrogens with zero attached hydrogens (tertiary/aromatic N) is 1. The van der Waals surface area contributed by atoms with Crippen LogP contribution in [0.15, 0.2) is 0 Å². The number of amides is 2. The third-order valence-corrected chi connectivity index (χ3v) is 1.79. The lowest BCUT2D eigenvalue weighted by Crippen LogP contribution is -2.47. The molecule has 0 fully saturated rings. The summed E-state index contributed by atoms with van der Waals surface area (Å²) in [5.41, 5.74) is 5.19. The highest BCUT2D eigenvalue weighted by molar-refractivity contribution is 7.80. The zero-order valence-corrected chi connectivity index (χ0v) is 10.6. The van der Waals surface area contributed by atoms with Gasteiger partial charge in [-0.1, -0.05) is 12.2 Å². The van der Waals surface area contributed by atoms with Crippen molar-refractivity contribution in [3.63, 3.8) is 0 Å². The molecular formula is C9H18N4O2S. The van der Waals surface area contributed by atoms with E-state index in [-0.39, 0.29) is 17.6 Å². The van der Waals surface area contributed by atoms with Crippen molar-refractivity contribution in [1.82, 2.24) is 15.5 Å². The molecule has 0 aliphatic heterocycles. The molecule has 0 heterocycles. The highest BCUT2D eigenvalue weighted by Gasteiger charge is 2.15. The monoisotopic (exact) mass is 246 g/mol. The maximum absolute atomic E-state index is 11.3. The van der Waals surface area contributed by atoms with E-state index >= 15 is 0 Å². The Hall–Kier alpha value is -1.21. The zero-order valence-electron chi connectivity index (χ0n) is 9.74. The number of nitrogens with one attached hydrogen (secondary N) is 2. The van der Waals surface area contributed by atoms with Crippen LogP contribution in [0, 0.1) is 0 Å². The Kier molecular flexibility index (Phi) is 6.59. The Balaban J connectivity index is 3.95. The van der Waals surface area contributed by atoms with Crippen LogP contribution >= 0.6 is 12.2 Å². The van der Waals surface area contributed by atoms with Gasteiger partial charge in [0, 0.05) is 12.6 Å². The summed E-state index contributed by atoms with van der Waals surface area (Å²) in [4.78, 5) is 24.6. The minimum Gasteiger partial charge on any atom is -0.392 e. The summed E-state index contributed by atoms with van der Waals surface area (Å²) in [6.07, 6.45) is 0. The minimum atomic E-state index is -0.724. The second-order valence-corrected chi connectivity index (χ2v) is 4.31. The average Bonchev–Trinajstić information content (AvgIpc) is 2.12. The Labute approximate surface area is 101 Å². The van der Waals surface area contributed by atoms with E-state index in [0.29, 0.717) is 6.54 Å². The highest BCUT2D eigenvalue weighted by atomic mass is 32.1. The third-order valence-electron chi connectivity index (χ3n) is 1.65. The first-order valence-electron chi connectivity index (χ1n) is 4.84. The van der Waals surface area contributed by atoms with Gasteiger partial charge in [-0.25, -0.2) is 0 Å². The fourth-order valence-corrected chi connectivity index (χ4v) is 1.20. The van der Waals surface area contributed by atoms with E-state index < -0.39 is 11.8 Å². The molecule has 0 spiro atoms. The van der Waals surface area contributed by atoms with Crippen molar-refractivity contribution >= 4 is 29.0 Å². The normalized spacial score (nSPS) is 12.0. The molecule has 0 radical (unpaired) electrons. The predicted molar refractivity (Wildman–Crippen MR) is 66.0 cm³/mol. The number of rotatable bonds is 5. The molecule has 0 bridgehead atoms. The molecule has 0 aliphatic carbocycles. The number of carbonyl (C=O) groups excluding carboxylic acids is 2. The Bertz CT molecular complexity index is 281. The lowest BCUT2D eigenvalue weighted by molar-refractivity contribution is -0.139. The quantitative estimate of drug-likeness (QED) is 0.404. The van der Waals surface area contributed by atoms with Crippen LogP contribution in [0.5, 0.6) is 0 Å². The molecule has 0 aromatic heterocycles. The molecule has 1 unspecified atom stereocenters. The largest absolute Gasteiger partial charge is 0.392 e. The number of thiocarbonyl (C=S) groups is 1. The van der Waals surface area contributed by atoms with Crippen molar-refractivity contribution in [2.45, 2.75) is 13.0 Å². The van der Waals surface area contributed by atoms with Crippen molar-refractivity contribution < 1.29 is 9.59 Å². The number of hydrogen-bond donors (Lipinski definition) is 3. The van der Waals surface area contributed by atoms with Crippen LogP contribution in [0.3, 0.4) is 0 Å². The summed E-state index contributed by atoms with van der Waals surface area (Å²) in [6, 6.07) is -0.0990. The van der Waals surface area contributed by atoms with E-state index in [0.717, 1.165) is 0 Å². The first-order valence-corrected chi connectivity index (χ1v) is 5.25. The Morgan fingerprint density at radius 2 is 1.94 bits per heavy atom. The molecule has 0 rings (SSSR count). The van der Waals surface area contributed by atoms with Crippen LogP contribution in [0.4, 0.5) is 0 Å². The Morgan fingerprint density at radius 3 is 2.38 bits per heavy atom. The molecular weight excluding hydrogens is 228 g/mol. The molecule has 2 amide bonds. The standard InChI is InChI=1S/C9H18N4O2S/c1-6(5-13(2)3)12-9(15)8(14)11-4-7(10)16/h6H,4-5H2,1-3H3,(H2,10,16)(H,11,14)(H,12,15). The van der Waals surface area contributed by atoms with Crippen molar-refractivity contribution in [3.8, 4) is 0 Å². The molecule has 0 saturated heterocycles. The van der Waals surface area contributed by atoms with Gasteiger partial charge in [0.2, 0.25) is 0 Å². The topological polar surface area (TPSA) is 87.5 Å². The number of nitrogens with two attached hydrogens (primary N) is 1. The lowest BCUT2D eigenvalue weighted by atomic mass is 10.3. The molecule has 0 saturated carbocycles. The van der Waals surface area contributed by atoms with Crippen LogP contribution in [-0.2, 0) is 9.59 Å². The van der Waals surface area contributed by atoms with Crippen LogP contribution in [0.25, 0.3) is 0 Å². The van der Waals surface area contributed by atoms with E-state index in [1.807, 2.05) is 25.9 Å². The first-order chi connectivity index (χ1) is 7.32. The van der Waals surface area contributed by atoms with Gasteiger partial charge in [0.05, 0.1) is 11.5 Å². The molecule has 7 heteroatoms. The fourth-order valence-electron chi connectivity index (χ4n) is 1.13. The second-order valence-electron chi connectivity index (χ2n) is 3.79. The van der Waals surface area contributed by atoms with Crippen LogP contribution in [0.2, 0.25) is 0 Å². The second kappa shape index (κ2) is 7.13. The highest BCUT2D eigenvalue weighted by Crippen LogP contribution is 1.85. The van der Waals surface area contributed by atoms with E-state index in [1.54, 1.807) is 0 Å². The van der Waals surface area contributed by atoms with E-state index in [9.17, 15) is 9.59 Å². The van der Waals surface area contributed by atoms with Crippen molar-refractivity contribution in [2.24, 2.45) is 5.73 Å². The van der Waals surface area contributed by atoms with Gasteiger partial charge >= 0.3 is 11.8 Å². The molecule has 0 aliphatic rings. The number of hydrogen-bond acceptors (Lipinski definition) is 4. The van der Waals surface area contributed by atoms with Gasteiger partial charge in [0.25, 0.3) is 0 Å². The van der Waals surface area contributed by atoms with E-state index in [2.05, 4.69) is 22.9 Å². The molecule has 92 valence electrons. The van der Waals surface area contributed by atoms with E-state index in [4.69, 9.17) is 5.73 Å². The van der Waals surface area contributed by atoms with Gasteiger partial charge in [-0.2, -0.15) is 0 Å². The maximum Gasteiger partial charge on any atom is 0.309 e. The summed E-state index contributed by atoms with van der Waals surface area (Å²) >= 11 is 4.57.